The van der Waals surface area contributed by atoms with E-state index in [1.165, 1.54) is 6.66 Å². The monoisotopic (exact) mass is 93.0 g/mol. The van der Waals surface area contributed by atoms with Crippen molar-refractivity contribution in [2.75, 3.05) is 6.66 Å². The van der Waals surface area contributed by atoms with Crippen molar-refractivity contribution >= 4 is 8.30 Å². The lowest BCUT2D eigenvalue weighted by atomic mass is 12.0. The summed E-state index contributed by atoms with van der Waals surface area (Å²) >= 11 is 0. The minimum absolute atomic E-state index is 1.36. The van der Waals surface area contributed by atoms with Crippen molar-refractivity contribution in [3.05, 3.63) is 4.91 Å². The molecule has 0 saturated carbocycles. The van der Waals surface area contributed by atoms with Crippen LogP contribution in [-0.4, -0.2) is 11.6 Å². The number of nitroso groups, excluding NO2 is 1. The second-order valence-electron chi connectivity index (χ2n) is 0.571. The zero-order valence-corrected chi connectivity index (χ0v) is 3.64. The maximum absolute atomic E-state index is 9.03. The molecule has 0 rings (SSSR count). The molecule has 30 valence electrons. The minimum Gasteiger partial charge on any atom is -0.351 e. The van der Waals surface area contributed by atoms with Gasteiger partial charge in [-0.1, -0.05) is 0 Å². The van der Waals surface area contributed by atoms with Gasteiger partial charge in [-0.05, 0) is 4.95 Å². The summed E-state index contributed by atoms with van der Waals surface area (Å²) in [5, 5.41) is 0. The van der Waals surface area contributed by atoms with Crippen LogP contribution in [-0.2, 0) is 0 Å². The molecule has 1 unspecified atom stereocenters. The summed E-state index contributed by atoms with van der Waals surface area (Å²) in [6.07, 6.45) is 0. The van der Waals surface area contributed by atoms with Gasteiger partial charge in [0.2, 0.25) is 0 Å². The molecule has 0 amide bonds. The van der Waals surface area contributed by atoms with Crippen molar-refractivity contribution in [3.8, 4) is 0 Å². The van der Waals surface area contributed by atoms with Crippen LogP contribution in [0, 0.1) is 4.91 Å². The Morgan fingerprint density at radius 3 is 2.20 bits per heavy atom. The van der Waals surface area contributed by atoms with E-state index in [2.05, 4.69) is 4.95 Å². The first-order chi connectivity index (χ1) is 2.27. The van der Waals surface area contributed by atoms with Crippen molar-refractivity contribution in [1.29, 1.82) is 0 Å². The quantitative estimate of drug-likeness (QED) is 0.383. The molecule has 0 aliphatic heterocycles. The Morgan fingerprint density at radius 1 is 2.00 bits per heavy atom. The fourth-order valence-corrected chi connectivity index (χ4v) is 0. The molecule has 4 heteroatoms. The lowest BCUT2D eigenvalue weighted by Crippen LogP contribution is -1.49. The highest BCUT2D eigenvalue weighted by atomic mass is 31.2. The van der Waals surface area contributed by atoms with E-state index in [0.717, 1.165) is 0 Å². The minimum atomic E-state index is -1.53. The Morgan fingerprint density at radius 2 is 2.20 bits per heavy atom. The van der Waals surface area contributed by atoms with E-state index in [1.807, 2.05) is 0 Å². The normalized spacial score (nSPS) is 14.0. The number of hydrogen-bond donors (Lipinski definition) is 1. The third-order valence-electron chi connectivity index (χ3n) is 0.118. The molecular weight excluding hydrogens is 89.0 g/mol. The molecule has 5 heavy (non-hydrogen) atoms. The average molecular weight is 93.0 g/mol. The van der Waals surface area contributed by atoms with Gasteiger partial charge in [0.05, 0.1) is 0 Å². The number of nitrogens with zero attached hydrogens (tertiary/aromatic N) is 1. The molecule has 0 aliphatic rings. The highest BCUT2D eigenvalue weighted by Gasteiger charge is 1.83. The molecule has 0 bridgehead atoms. The molecular formula is CH4NO2P. The summed E-state index contributed by atoms with van der Waals surface area (Å²) in [6, 6.07) is 0. The van der Waals surface area contributed by atoms with Crippen molar-refractivity contribution in [2.45, 2.75) is 0 Å². The first-order valence-corrected chi connectivity index (χ1v) is 2.72. The van der Waals surface area contributed by atoms with Crippen molar-refractivity contribution in [3.63, 3.8) is 0 Å². The zero-order chi connectivity index (χ0) is 4.28. The molecule has 0 aromatic heterocycles. The predicted molar refractivity (Wildman–Crippen MR) is 20.9 cm³/mol. The van der Waals surface area contributed by atoms with Gasteiger partial charge in [0.15, 0.2) is 8.30 Å². The van der Waals surface area contributed by atoms with Gasteiger partial charge in [0.25, 0.3) is 0 Å². The van der Waals surface area contributed by atoms with E-state index in [4.69, 9.17) is 9.80 Å². The van der Waals surface area contributed by atoms with E-state index in [1.54, 1.807) is 0 Å². The van der Waals surface area contributed by atoms with Gasteiger partial charge in [0, 0.05) is 6.66 Å². The van der Waals surface area contributed by atoms with Crippen LogP contribution in [0.3, 0.4) is 0 Å². The van der Waals surface area contributed by atoms with E-state index in [-0.39, 0.29) is 0 Å². The molecule has 0 fully saturated rings. The first-order valence-electron chi connectivity index (χ1n) is 1.03. The molecule has 0 saturated heterocycles. The van der Waals surface area contributed by atoms with Crippen LogP contribution in [0.2, 0.25) is 0 Å². The first kappa shape index (κ1) is 4.99. The van der Waals surface area contributed by atoms with Gasteiger partial charge in [-0.3, -0.25) is 0 Å². The van der Waals surface area contributed by atoms with E-state index < -0.39 is 8.30 Å². The largest absolute Gasteiger partial charge is 0.351 e. The van der Waals surface area contributed by atoms with Crippen LogP contribution < -0.4 is 0 Å². The van der Waals surface area contributed by atoms with E-state index in [9.17, 15) is 0 Å². The molecule has 0 radical (unpaired) electrons. The highest BCUT2D eigenvalue weighted by Crippen LogP contribution is 2.22. The predicted octanol–water partition coefficient (Wildman–Crippen LogP) is 0.687. The second-order valence-corrected chi connectivity index (χ2v) is 1.71. The molecule has 0 aromatic carbocycles. The molecule has 3 nitrogen and oxygen atoms in total. The third-order valence-corrected chi connectivity index (χ3v) is 0.354. The van der Waals surface area contributed by atoms with Gasteiger partial charge in [-0.25, -0.2) is 0 Å². The van der Waals surface area contributed by atoms with Crippen molar-refractivity contribution in [2.24, 2.45) is 4.95 Å². The van der Waals surface area contributed by atoms with Crippen LogP contribution in [0.1, 0.15) is 0 Å². The van der Waals surface area contributed by atoms with Gasteiger partial charge in [-0.2, -0.15) is 0 Å². The zero-order valence-electron chi connectivity index (χ0n) is 2.75. The Hall–Kier alpha value is -0.0100. The lowest BCUT2D eigenvalue weighted by Gasteiger charge is -1.77. The standard InChI is InChI=1S/CH4NO2P/c1-5(4)2-3/h4H,1H3. The van der Waals surface area contributed by atoms with Gasteiger partial charge in [-0.15, -0.1) is 4.91 Å². The Balaban J connectivity index is 2.83. The van der Waals surface area contributed by atoms with Gasteiger partial charge < -0.3 is 4.89 Å². The number of hydrogen-bond acceptors (Lipinski definition) is 3. The van der Waals surface area contributed by atoms with Crippen LogP contribution >= 0.6 is 8.30 Å². The molecule has 0 heterocycles. The van der Waals surface area contributed by atoms with Crippen molar-refractivity contribution in [1.82, 2.24) is 0 Å². The van der Waals surface area contributed by atoms with Crippen LogP contribution in [0.25, 0.3) is 0 Å². The summed E-state index contributed by atoms with van der Waals surface area (Å²) in [7, 11) is -1.53. The summed E-state index contributed by atoms with van der Waals surface area (Å²) in [6.45, 7) is 1.36. The Kier molecular flexibility index (Phi) is 2.24. The Labute approximate surface area is 30.9 Å². The topological polar surface area (TPSA) is 49.7 Å². The molecule has 0 spiro atoms. The summed E-state index contributed by atoms with van der Waals surface area (Å²) in [5.41, 5.74) is 0. The van der Waals surface area contributed by atoms with Crippen LogP contribution in [0.5, 0.6) is 0 Å². The third kappa shape index (κ3) is 3.99. The lowest BCUT2D eigenvalue weighted by molar-refractivity contribution is 0.632. The van der Waals surface area contributed by atoms with Gasteiger partial charge >= 0.3 is 0 Å². The average Bonchev–Trinajstić information content (AvgIpc) is 1.38. The SMILES string of the molecule is CP(O)N=O. The summed E-state index contributed by atoms with van der Waals surface area (Å²) in [5.74, 6) is 0. The fraction of sp³-hybridized carbons (Fsp3) is 1.00. The highest BCUT2D eigenvalue weighted by molar-refractivity contribution is 7.48. The fourth-order valence-electron chi connectivity index (χ4n) is 0. The smallest absolute Gasteiger partial charge is 0.195 e. The second kappa shape index (κ2) is 2.24. The van der Waals surface area contributed by atoms with E-state index in [0.29, 0.717) is 0 Å². The molecule has 0 aromatic rings. The summed E-state index contributed by atoms with van der Waals surface area (Å²) < 4.78 is 0. The van der Waals surface area contributed by atoms with Crippen LogP contribution in [0.4, 0.5) is 0 Å². The number of rotatable bonds is 1. The molecule has 0 aliphatic carbocycles. The van der Waals surface area contributed by atoms with Crippen molar-refractivity contribution < 1.29 is 4.89 Å². The van der Waals surface area contributed by atoms with Crippen LogP contribution in [0.15, 0.2) is 4.95 Å². The maximum Gasteiger partial charge on any atom is 0.195 e. The Bertz CT molecular complexity index is 36.6. The molecule has 1 atom stereocenters. The van der Waals surface area contributed by atoms with Gasteiger partial charge in [0.1, 0.15) is 0 Å². The molecule has 1 N–H and O–H groups in total. The maximum atomic E-state index is 9.03. The van der Waals surface area contributed by atoms with E-state index >= 15 is 0 Å². The summed E-state index contributed by atoms with van der Waals surface area (Å²) in [4.78, 5) is 19.2.